The smallest absolute Gasteiger partial charge is 0.123 e. The first-order valence-electron chi connectivity index (χ1n) is 5.16. The lowest BCUT2D eigenvalue weighted by molar-refractivity contribution is 0.552. The average Bonchev–Trinajstić information content (AvgIpc) is 2.26. The second kappa shape index (κ2) is 6.21. The lowest BCUT2D eigenvalue weighted by atomic mass is 10.0. The molecule has 0 aliphatic carbocycles. The van der Waals surface area contributed by atoms with Gasteiger partial charge in [-0.1, -0.05) is 25.0 Å². The fourth-order valence-electron chi connectivity index (χ4n) is 1.46. The van der Waals surface area contributed by atoms with Gasteiger partial charge >= 0.3 is 0 Å². The number of halogens is 1. The lowest BCUT2D eigenvalue weighted by Gasteiger charge is -2.15. The van der Waals surface area contributed by atoms with E-state index in [9.17, 15) is 4.39 Å². The molecule has 1 atom stereocenters. The summed E-state index contributed by atoms with van der Waals surface area (Å²) in [6, 6.07) is 6.87. The van der Waals surface area contributed by atoms with Crippen molar-refractivity contribution in [3.05, 3.63) is 35.6 Å². The Morgan fingerprint density at radius 1 is 1.33 bits per heavy atom. The van der Waals surface area contributed by atoms with Crippen molar-refractivity contribution in [3.63, 3.8) is 0 Å². The molecule has 1 nitrogen and oxygen atoms in total. The molecular weight excluding hydrogens is 189 g/mol. The van der Waals surface area contributed by atoms with Crippen molar-refractivity contribution in [1.82, 2.24) is 5.32 Å². The topological polar surface area (TPSA) is 12.0 Å². The molecule has 2 heteroatoms. The molecule has 0 bridgehead atoms. The maximum atomic E-state index is 12.7. The number of rotatable bonds is 4. The van der Waals surface area contributed by atoms with E-state index < -0.39 is 0 Å². The zero-order chi connectivity index (χ0) is 11.1. The van der Waals surface area contributed by atoms with Gasteiger partial charge in [-0.3, -0.25) is 5.32 Å². The molecule has 0 aliphatic heterocycles. The molecule has 0 spiro atoms. The fraction of sp³-hybridized carbons (Fsp3) is 0.385. The van der Waals surface area contributed by atoms with Crippen LogP contribution in [0.4, 0.5) is 4.39 Å². The van der Waals surface area contributed by atoms with Crippen molar-refractivity contribution in [1.29, 1.82) is 0 Å². The molecule has 1 N–H and O–H groups in total. The first-order valence-corrected chi connectivity index (χ1v) is 5.16. The van der Waals surface area contributed by atoms with Gasteiger partial charge in [-0.15, -0.1) is 5.92 Å². The molecule has 1 rings (SSSR count). The van der Waals surface area contributed by atoms with E-state index in [0.717, 1.165) is 12.0 Å². The second-order valence-electron chi connectivity index (χ2n) is 3.32. The minimum absolute atomic E-state index is 0.193. The van der Waals surface area contributed by atoms with E-state index in [-0.39, 0.29) is 11.9 Å². The van der Waals surface area contributed by atoms with Gasteiger partial charge in [0.05, 0.1) is 6.54 Å². The van der Waals surface area contributed by atoms with Crippen LogP contribution in [0.15, 0.2) is 24.3 Å². The number of hydrogen-bond acceptors (Lipinski definition) is 1. The van der Waals surface area contributed by atoms with E-state index in [2.05, 4.69) is 24.1 Å². The lowest BCUT2D eigenvalue weighted by Crippen LogP contribution is -2.20. The van der Waals surface area contributed by atoms with Gasteiger partial charge in [0, 0.05) is 6.04 Å². The van der Waals surface area contributed by atoms with Crippen molar-refractivity contribution in [2.45, 2.75) is 26.3 Å². The molecule has 0 amide bonds. The third kappa shape index (κ3) is 3.73. The minimum atomic E-state index is -0.193. The van der Waals surface area contributed by atoms with Gasteiger partial charge < -0.3 is 0 Å². The van der Waals surface area contributed by atoms with Crippen LogP contribution in [0.2, 0.25) is 0 Å². The summed E-state index contributed by atoms with van der Waals surface area (Å²) in [6.07, 6.45) is 0.969. The number of hydrogen-bond donors (Lipinski definition) is 1. The van der Waals surface area contributed by atoms with Crippen molar-refractivity contribution >= 4 is 0 Å². The van der Waals surface area contributed by atoms with Crippen LogP contribution in [0, 0.1) is 17.7 Å². The molecular formula is C13H16FN. The molecule has 15 heavy (non-hydrogen) atoms. The first-order chi connectivity index (χ1) is 7.27. The van der Waals surface area contributed by atoms with Gasteiger partial charge in [0.25, 0.3) is 0 Å². The SMILES string of the molecule is CC#CCNC(CC)c1ccc(F)cc1. The highest BCUT2D eigenvalue weighted by Crippen LogP contribution is 2.16. The molecule has 0 heterocycles. The third-order valence-electron chi connectivity index (χ3n) is 2.29. The molecule has 0 saturated carbocycles. The van der Waals surface area contributed by atoms with Crippen molar-refractivity contribution in [2.24, 2.45) is 0 Å². The molecule has 0 aliphatic rings. The maximum Gasteiger partial charge on any atom is 0.123 e. The van der Waals surface area contributed by atoms with Gasteiger partial charge in [-0.2, -0.15) is 0 Å². The van der Waals surface area contributed by atoms with Crippen LogP contribution in [0.5, 0.6) is 0 Å². The molecule has 1 aromatic rings. The predicted octanol–water partition coefficient (Wildman–Crippen LogP) is 2.89. The largest absolute Gasteiger partial charge is 0.299 e. The minimum Gasteiger partial charge on any atom is -0.299 e. The highest BCUT2D eigenvalue weighted by atomic mass is 19.1. The fourth-order valence-corrected chi connectivity index (χ4v) is 1.46. The Balaban J connectivity index is 2.64. The Morgan fingerprint density at radius 3 is 2.53 bits per heavy atom. The van der Waals surface area contributed by atoms with Crippen LogP contribution in [-0.2, 0) is 0 Å². The summed E-state index contributed by atoms with van der Waals surface area (Å²) in [6.45, 7) is 4.59. The molecule has 0 saturated heterocycles. The molecule has 0 aromatic heterocycles. The summed E-state index contributed by atoms with van der Waals surface area (Å²) < 4.78 is 12.7. The maximum absolute atomic E-state index is 12.7. The highest BCUT2D eigenvalue weighted by Gasteiger charge is 2.06. The van der Waals surface area contributed by atoms with Gasteiger partial charge in [0.15, 0.2) is 0 Å². The van der Waals surface area contributed by atoms with Crippen LogP contribution in [0.25, 0.3) is 0 Å². The normalized spacial score (nSPS) is 11.7. The van der Waals surface area contributed by atoms with Gasteiger partial charge in [-0.25, -0.2) is 4.39 Å². The monoisotopic (exact) mass is 205 g/mol. The van der Waals surface area contributed by atoms with Gasteiger partial charge in [0.1, 0.15) is 5.82 Å². The van der Waals surface area contributed by atoms with Gasteiger partial charge in [-0.05, 0) is 31.0 Å². The Bertz CT molecular complexity index is 345. The molecule has 1 aromatic carbocycles. The Hall–Kier alpha value is -1.33. The van der Waals surface area contributed by atoms with Crippen LogP contribution in [0.1, 0.15) is 31.9 Å². The standard InChI is InChI=1S/C13H16FN/c1-3-5-10-15-13(4-2)11-6-8-12(14)9-7-11/h6-9,13,15H,4,10H2,1-2H3. The van der Waals surface area contributed by atoms with E-state index in [1.165, 1.54) is 12.1 Å². The molecule has 0 radical (unpaired) electrons. The summed E-state index contributed by atoms with van der Waals surface area (Å²) in [7, 11) is 0. The van der Waals surface area contributed by atoms with Crippen molar-refractivity contribution in [3.8, 4) is 11.8 Å². The Morgan fingerprint density at radius 2 is 2.00 bits per heavy atom. The van der Waals surface area contributed by atoms with E-state index in [0.29, 0.717) is 6.54 Å². The highest BCUT2D eigenvalue weighted by molar-refractivity contribution is 5.20. The summed E-state index contributed by atoms with van der Waals surface area (Å²) in [5.41, 5.74) is 1.11. The number of nitrogens with one attached hydrogen (secondary N) is 1. The van der Waals surface area contributed by atoms with Crippen LogP contribution >= 0.6 is 0 Å². The second-order valence-corrected chi connectivity index (χ2v) is 3.32. The van der Waals surface area contributed by atoms with Crippen molar-refractivity contribution in [2.75, 3.05) is 6.54 Å². The zero-order valence-corrected chi connectivity index (χ0v) is 9.18. The molecule has 1 unspecified atom stereocenters. The molecule has 0 fully saturated rings. The molecule has 80 valence electrons. The zero-order valence-electron chi connectivity index (χ0n) is 9.18. The number of benzene rings is 1. The first kappa shape index (κ1) is 11.7. The summed E-state index contributed by atoms with van der Waals surface area (Å²) in [5.74, 6) is 5.60. The third-order valence-corrected chi connectivity index (χ3v) is 2.29. The van der Waals surface area contributed by atoms with E-state index in [1.807, 2.05) is 19.1 Å². The Kier molecular flexibility index (Phi) is 4.86. The Labute approximate surface area is 90.7 Å². The quantitative estimate of drug-likeness (QED) is 0.745. The van der Waals surface area contributed by atoms with Crippen LogP contribution in [0.3, 0.4) is 0 Å². The summed E-state index contributed by atoms with van der Waals surface area (Å²) in [4.78, 5) is 0. The average molecular weight is 205 g/mol. The van der Waals surface area contributed by atoms with E-state index >= 15 is 0 Å². The van der Waals surface area contributed by atoms with Crippen molar-refractivity contribution < 1.29 is 4.39 Å². The summed E-state index contributed by atoms with van der Waals surface area (Å²) >= 11 is 0. The van der Waals surface area contributed by atoms with Crippen LogP contribution < -0.4 is 5.32 Å². The summed E-state index contributed by atoms with van der Waals surface area (Å²) in [5, 5.41) is 3.31. The van der Waals surface area contributed by atoms with Crippen LogP contribution in [-0.4, -0.2) is 6.54 Å². The van der Waals surface area contributed by atoms with E-state index in [1.54, 1.807) is 0 Å². The van der Waals surface area contributed by atoms with E-state index in [4.69, 9.17) is 0 Å². The van der Waals surface area contributed by atoms with Gasteiger partial charge in [0.2, 0.25) is 0 Å². The predicted molar refractivity (Wildman–Crippen MR) is 60.9 cm³/mol.